The molecule has 0 aromatic heterocycles. The Kier molecular flexibility index (Phi) is 3.44. The molecule has 7 aliphatic rings. The molecule has 10 atom stereocenters. The lowest BCUT2D eigenvalue weighted by Crippen LogP contribution is -2.87. The van der Waals surface area contributed by atoms with Crippen molar-refractivity contribution in [1.82, 2.24) is 0 Å². The molecule has 0 aromatic carbocycles. The molecule has 0 amide bonds. The SMILES string of the molecule is C=C1C(=O)[C@@]23[C@H](O)[C@H]1C[C@@H]1OC(C)(C)O[C@H]4CCC(C)(C)[C@H]5[C@H](O)[C@@]2(O)OC[C@@]45[C@H]13. The zero-order valence-corrected chi connectivity index (χ0v) is 18.1. The number of fused-ring (bicyclic) bond motifs is 2. The molecule has 3 saturated heterocycles. The maximum Gasteiger partial charge on any atom is 0.208 e. The van der Waals surface area contributed by atoms with Gasteiger partial charge in [-0.05, 0) is 44.1 Å². The van der Waals surface area contributed by atoms with Gasteiger partial charge < -0.3 is 29.5 Å². The highest BCUT2D eigenvalue weighted by molar-refractivity contribution is 6.05. The van der Waals surface area contributed by atoms with Crippen molar-refractivity contribution in [2.75, 3.05) is 6.61 Å². The zero-order valence-electron chi connectivity index (χ0n) is 18.1. The van der Waals surface area contributed by atoms with Crippen LogP contribution in [0.3, 0.4) is 0 Å². The lowest BCUT2D eigenvalue weighted by molar-refractivity contribution is -0.460. The lowest BCUT2D eigenvalue weighted by Gasteiger charge is -2.75. The van der Waals surface area contributed by atoms with E-state index in [-0.39, 0.29) is 24.0 Å². The van der Waals surface area contributed by atoms with Gasteiger partial charge in [-0.1, -0.05) is 20.4 Å². The number of ketones is 1. The fraction of sp³-hybridized carbons (Fsp3) is 0.870. The summed E-state index contributed by atoms with van der Waals surface area (Å²) in [5, 5.41) is 35.1. The minimum atomic E-state index is -2.19. The van der Waals surface area contributed by atoms with E-state index in [2.05, 4.69) is 20.4 Å². The summed E-state index contributed by atoms with van der Waals surface area (Å²) < 4.78 is 19.1. The van der Waals surface area contributed by atoms with Crippen molar-refractivity contribution in [2.45, 2.75) is 82.9 Å². The maximum absolute atomic E-state index is 13.8. The molecule has 166 valence electrons. The second-order valence-corrected chi connectivity index (χ2v) is 11.7. The molecule has 0 unspecified atom stereocenters. The van der Waals surface area contributed by atoms with E-state index >= 15 is 0 Å². The molecule has 3 aliphatic heterocycles. The third-order valence-corrected chi connectivity index (χ3v) is 9.67. The van der Waals surface area contributed by atoms with E-state index in [4.69, 9.17) is 14.2 Å². The Morgan fingerprint density at radius 2 is 1.77 bits per heavy atom. The van der Waals surface area contributed by atoms with Crippen LogP contribution in [-0.4, -0.2) is 63.7 Å². The molecule has 2 spiro atoms. The molecule has 3 heterocycles. The molecule has 4 aliphatic carbocycles. The van der Waals surface area contributed by atoms with E-state index in [1.807, 2.05) is 13.8 Å². The highest BCUT2D eigenvalue weighted by Crippen LogP contribution is 2.77. The molecule has 7 fully saturated rings. The Hall–Kier alpha value is -0.830. The topological polar surface area (TPSA) is 105 Å². The fourth-order valence-corrected chi connectivity index (χ4v) is 8.89. The van der Waals surface area contributed by atoms with Crippen molar-refractivity contribution >= 4 is 5.78 Å². The maximum atomic E-state index is 13.8. The van der Waals surface area contributed by atoms with Gasteiger partial charge in [-0.25, -0.2) is 0 Å². The number of hydrogen-bond acceptors (Lipinski definition) is 7. The summed E-state index contributed by atoms with van der Waals surface area (Å²) in [5.74, 6) is -4.89. The third kappa shape index (κ3) is 1.75. The number of carbonyl (C=O) groups excluding carboxylic acids is 1. The summed E-state index contributed by atoms with van der Waals surface area (Å²) in [4.78, 5) is 13.8. The fourth-order valence-electron chi connectivity index (χ4n) is 8.89. The Labute approximate surface area is 176 Å². The number of Topliss-reactive ketones (excluding diaryl/α,β-unsaturated/α-hetero) is 1. The van der Waals surface area contributed by atoms with E-state index in [0.717, 1.165) is 12.8 Å². The van der Waals surface area contributed by atoms with Crippen LogP contribution in [0.4, 0.5) is 0 Å². The van der Waals surface area contributed by atoms with Gasteiger partial charge >= 0.3 is 0 Å². The zero-order chi connectivity index (χ0) is 21.6. The summed E-state index contributed by atoms with van der Waals surface area (Å²) in [6, 6.07) is 0. The predicted molar refractivity (Wildman–Crippen MR) is 104 cm³/mol. The van der Waals surface area contributed by atoms with Crippen LogP contribution in [-0.2, 0) is 19.0 Å². The largest absolute Gasteiger partial charge is 0.391 e. The molecule has 3 N–H and O–H groups in total. The number of aliphatic hydroxyl groups is 3. The third-order valence-electron chi connectivity index (χ3n) is 9.67. The number of aliphatic hydroxyl groups excluding tert-OH is 2. The van der Waals surface area contributed by atoms with Crippen molar-refractivity contribution in [3.8, 4) is 0 Å². The molecular formula is C23H32O7. The second kappa shape index (κ2) is 5.21. The van der Waals surface area contributed by atoms with Gasteiger partial charge in [-0.2, -0.15) is 0 Å². The Morgan fingerprint density at radius 3 is 2.47 bits per heavy atom. The van der Waals surface area contributed by atoms with E-state index < -0.39 is 58.3 Å². The van der Waals surface area contributed by atoms with Gasteiger partial charge in [0, 0.05) is 23.2 Å². The van der Waals surface area contributed by atoms with E-state index in [1.54, 1.807) is 0 Å². The molecule has 4 bridgehead atoms. The van der Waals surface area contributed by atoms with Crippen LogP contribution in [0, 0.1) is 34.0 Å². The highest BCUT2D eigenvalue weighted by Gasteiger charge is 2.89. The van der Waals surface area contributed by atoms with Crippen molar-refractivity contribution < 1.29 is 34.3 Å². The van der Waals surface area contributed by atoms with E-state index in [1.165, 1.54) is 0 Å². The van der Waals surface area contributed by atoms with Crippen LogP contribution in [0.5, 0.6) is 0 Å². The Balaban J connectivity index is 1.70. The van der Waals surface area contributed by atoms with Gasteiger partial charge in [0.1, 0.15) is 11.5 Å². The smallest absolute Gasteiger partial charge is 0.208 e. The van der Waals surface area contributed by atoms with Crippen LogP contribution in [0.15, 0.2) is 12.2 Å². The van der Waals surface area contributed by atoms with Crippen LogP contribution in [0.25, 0.3) is 0 Å². The minimum absolute atomic E-state index is 0.165. The average molecular weight is 421 g/mol. The monoisotopic (exact) mass is 420 g/mol. The van der Waals surface area contributed by atoms with Crippen molar-refractivity contribution in [3.63, 3.8) is 0 Å². The van der Waals surface area contributed by atoms with Crippen LogP contribution in [0.1, 0.15) is 47.0 Å². The molecule has 7 rings (SSSR count). The molecule has 30 heavy (non-hydrogen) atoms. The highest BCUT2D eigenvalue weighted by atomic mass is 16.7. The van der Waals surface area contributed by atoms with Gasteiger partial charge in [0.15, 0.2) is 11.6 Å². The van der Waals surface area contributed by atoms with Crippen LogP contribution in [0.2, 0.25) is 0 Å². The van der Waals surface area contributed by atoms with Gasteiger partial charge in [0.05, 0.1) is 24.9 Å². The molecule has 0 radical (unpaired) electrons. The van der Waals surface area contributed by atoms with E-state index in [0.29, 0.717) is 12.0 Å². The Bertz CT molecular complexity index is 866. The first-order chi connectivity index (χ1) is 13.8. The van der Waals surface area contributed by atoms with Gasteiger partial charge in [0.2, 0.25) is 5.79 Å². The summed E-state index contributed by atoms with van der Waals surface area (Å²) in [6.07, 6.45) is -1.25. The summed E-state index contributed by atoms with van der Waals surface area (Å²) in [5.41, 5.74) is -2.45. The minimum Gasteiger partial charge on any atom is -0.391 e. The number of hydrogen-bond donors (Lipinski definition) is 3. The standard InChI is InChI=1S/C23H32O7/c1-10-11-8-12-14-21-9-28-23(27,22(14,16(10)24)17(11)25)18(26)15(21)19(2,3)7-6-13(21)30-20(4,5)29-12/h11-15,17-18,25-27H,1,6-9H2,2-5H3/t11-,12-,13-,14-,15+,17+,18-,21-,22-,23+/m0/s1. The molecule has 0 aromatic rings. The molecular weight excluding hydrogens is 388 g/mol. The first-order valence-corrected chi connectivity index (χ1v) is 11.2. The van der Waals surface area contributed by atoms with Crippen molar-refractivity contribution in [1.29, 1.82) is 0 Å². The van der Waals surface area contributed by atoms with Gasteiger partial charge in [-0.15, -0.1) is 0 Å². The summed E-state index contributed by atoms with van der Waals surface area (Å²) in [7, 11) is 0. The second-order valence-electron chi connectivity index (χ2n) is 11.7. The number of carbonyl (C=O) groups is 1. The quantitative estimate of drug-likeness (QED) is 0.505. The normalized spacial score (nSPS) is 59.6. The number of rotatable bonds is 0. The molecule has 4 saturated carbocycles. The molecule has 7 heteroatoms. The van der Waals surface area contributed by atoms with Gasteiger partial charge in [0.25, 0.3) is 0 Å². The summed E-state index contributed by atoms with van der Waals surface area (Å²) >= 11 is 0. The first kappa shape index (κ1) is 19.8. The van der Waals surface area contributed by atoms with Crippen LogP contribution < -0.4 is 0 Å². The Morgan fingerprint density at radius 1 is 1.07 bits per heavy atom. The number of ether oxygens (including phenoxy) is 3. The lowest BCUT2D eigenvalue weighted by atomic mass is 9.35. The first-order valence-electron chi connectivity index (χ1n) is 11.2. The predicted octanol–water partition coefficient (Wildman–Crippen LogP) is 1.14. The summed E-state index contributed by atoms with van der Waals surface area (Å²) in [6.45, 7) is 12.1. The van der Waals surface area contributed by atoms with E-state index in [9.17, 15) is 20.1 Å². The molecule has 7 nitrogen and oxygen atoms in total. The van der Waals surface area contributed by atoms with Crippen molar-refractivity contribution in [3.05, 3.63) is 12.2 Å². The van der Waals surface area contributed by atoms with Crippen molar-refractivity contribution in [2.24, 2.45) is 34.0 Å². The van der Waals surface area contributed by atoms with Crippen LogP contribution >= 0.6 is 0 Å². The average Bonchev–Trinajstić information content (AvgIpc) is 2.74. The van der Waals surface area contributed by atoms with Gasteiger partial charge in [-0.3, -0.25) is 4.79 Å².